The number of hydrogen-bond donors (Lipinski definition) is 1. The van der Waals surface area contributed by atoms with Crippen LogP contribution in [0, 0.1) is 0 Å². The number of imidazole rings is 1. The smallest absolute Gasteiger partial charge is 0.111 e. The Kier molecular flexibility index (Phi) is 3.17. The maximum absolute atomic E-state index is 6.00. The second kappa shape index (κ2) is 4.44. The average molecular weight is 238 g/mol. The molecule has 2 N–H and O–H groups in total. The van der Waals surface area contributed by atoms with Crippen molar-refractivity contribution in [1.29, 1.82) is 0 Å². The van der Waals surface area contributed by atoms with Crippen LogP contribution in [0.4, 0.5) is 0 Å². The Morgan fingerprint density at radius 2 is 2.25 bits per heavy atom. The van der Waals surface area contributed by atoms with Crippen LogP contribution in [0.5, 0.6) is 0 Å². The van der Waals surface area contributed by atoms with Gasteiger partial charge in [0.05, 0.1) is 11.0 Å². The summed E-state index contributed by atoms with van der Waals surface area (Å²) in [6, 6.07) is 5.90. The highest BCUT2D eigenvalue weighted by molar-refractivity contribution is 6.31. The molecule has 0 saturated heterocycles. The molecule has 1 heterocycles. The third-order valence-electron chi connectivity index (χ3n) is 2.61. The van der Waals surface area contributed by atoms with Gasteiger partial charge in [-0.2, -0.15) is 0 Å². The first-order valence-electron chi connectivity index (χ1n) is 5.52. The highest BCUT2D eigenvalue weighted by atomic mass is 35.5. The molecule has 0 aliphatic heterocycles. The van der Waals surface area contributed by atoms with Crippen molar-refractivity contribution in [3.63, 3.8) is 0 Å². The number of rotatable bonds is 3. The molecular formula is C12H16ClN3. The van der Waals surface area contributed by atoms with Crippen molar-refractivity contribution in [2.24, 2.45) is 5.73 Å². The summed E-state index contributed by atoms with van der Waals surface area (Å²) in [6.07, 6.45) is 0.792. The van der Waals surface area contributed by atoms with E-state index in [2.05, 4.69) is 16.5 Å². The van der Waals surface area contributed by atoms with E-state index < -0.39 is 0 Å². The minimum atomic E-state index is 0.123. The van der Waals surface area contributed by atoms with Crippen molar-refractivity contribution in [3.8, 4) is 0 Å². The number of hydrogen-bond acceptors (Lipinski definition) is 2. The molecule has 0 aliphatic rings. The fourth-order valence-corrected chi connectivity index (χ4v) is 2.11. The SMILES string of the molecule is CCn1c(CC(C)N)nc2ccc(Cl)cc21. The van der Waals surface area contributed by atoms with Gasteiger partial charge in [-0.1, -0.05) is 11.6 Å². The van der Waals surface area contributed by atoms with Gasteiger partial charge in [0.15, 0.2) is 0 Å². The molecule has 16 heavy (non-hydrogen) atoms. The molecule has 0 fully saturated rings. The highest BCUT2D eigenvalue weighted by Crippen LogP contribution is 2.21. The van der Waals surface area contributed by atoms with Gasteiger partial charge in [0.25, 0.3) is 0 Å². The van der Waals surface area contributed by atoms with E-state index in [0.717, 1.165) is 34.8 Å². The number of aromatic nitrogens is 2. The molecule has 86 valence electrons. The maximum atomic E-state index is 6.00. The van der Waals surface area contributed by atoms with Crippen LogP contribution in [0.3, 0.4) is 0 Å². The van der Waals surface area contributed by atoms with E-state index in [-0.39, 0.29) is 6.04 Å². The molecule has 0 bridgehead atoms. The lowest BCUT2D eigenvalue weighted by molar-refractivity contribution is 0.647. The lowest BCUT2D eigenvalue weighted by atomic mass is 10.2. The second-order valence-corrected chi connectivity index (χ2v) is 4.52. The van der Waals surface area contributed by atoms with Gasteiger partial charge in [-0.3, -0.25) is 0 Å². The van der Waals surface area contributed by atoms with E-state index in [9.17, 15) is 0 Å². The monoisotopic (exact) mass is 237 g/mol. The molecule has 0 amide bonds. The Bertz CT molecular complexity index is 502. The van der Waals surface area contributed by atoms with Crippen LogP contribution >= 0.6 is 11.6 Å². The number of fused-ring (bicyclic) bond motifs is 1. The molecule has 4 heteroatoms. The number of benzene rings is 1. The summed E-state index contributed by atoms with van der Waals surface area (Å²) in [5.41, 5.74) is 7.90. The minimum absolute atomic E-state index is 0.123. The van der Waals surface area contributed by atoms with Gasteiger partial charge in [-0.15, -0.1) is 0 Å². The van der Waals surface area contributed by atoms with Crippen LogP contribution in [0.15, 0.2) is 18.2 Å². The predicted octanol–water partition coefficient (Wildman–Crippen LogP) is 2.60. The summed E-state index contributed by atoms with van der Waals surface area (Å²) >= 11 is 6.00. The van der Waals surface area contributed by atoms with Gasteiger partial charge in [0, 0.05) is 24.0 Å². The average Bonchev–Trinajstić information content (AvgIpc) is 2.53. The lowest BCUT2D eigenvalue weighted by Gasteiger charge is -2.07. The third kappa shape index (κ3) is 2.06. The number of halogens is 1. The highest BCUT2D eigenvalue weighted by Gasteiger charge is 2.10. The molecule has 0 radical (unpaired) electrons. The molecule has 1 atom stereocenters. The second-order valence-electron chi connectivity index (χ2n) is 4.09. The summed E-state index contributed by atoms with van der Waals surface area (Å²) in [7, 11) is 0. The van der Waals surface area contributed by atoms with E-state index >= 15 is 0 Å². The Morgan fingerprint density at radius 1 is 1.50 bits per heavy atom. The van der Waals surface area contributed by atoms with Crippen molar-refractivity contribution < 1.29 is 0 Å². The maximum Gasteiger partial charge on any atom is 0.111 e. The van der Waals surface area contributed by atoms with Gasteiger partial charge in [0.2, 0.25) is 0 Å². The molecule has 3 nitrogen and oxygen atoms in total. The first kappa shape index (κ1) is 11.4. The Labute approximate surface area is 100 Å². The minimum Gasteiger partial charge on any atom is -0.328 e. The summed E-state index contributed by atoms with van der Waals surface area (Å²) < 4.78 is 2.17. The van der Waals surface area contributed by atoms with E-state index in [1.54, 1.807) is 0 Å². The van der Waals surface area contributed by atoms with Crippen molar-refractivity contribution in [2.45, 2.75) is 32.9 Å². The molecule has 2 rings (SSSR count). The van der Waals surface area contributed by atoms with Gasteiger partial charge in [0.1, 0.15) is 5.82 Å². The summed E-state index contributed by atoms with van der Waals surface area (Å²) in [4.78, 5) is 4.59. The summed E-state index contributed by atoms with van der Waals surface area (Å²) in [6.45, 7) is 4.98. The van der Waals surface area contributed by atoms with Gasteiger partial charge in [-0.25, -0.2) is 4.98 Å². The van der Waals surface area contributed by atoms with Crippen molar-refractivity contribution in [3.05, 3.63) is 29.0 Å². The fraction of sp³-hybridized carbons (Fsp3) is 0.417. The third-order valence-corrected chi connectivity index (χ3v) is 2.85. The predicted molar refractivity (Wildman–Crippen MR) is 67.8 cm³/mol. The quantitative estimate of drug-likeness (QED) is 0.892. The van der Waals surface area contributed by atoms with Crippen molar-refractivity contribution in [2.75, 3.05) is 0 Å². The molecule has 1 aromatic carbocycles. The van der Waals surface area contributed by atoms with Crippen molar-refractivity contribution in [1.82, 2.24) is 9.55 Å². The standard InChI is InChI=1S/C12H16ClN3/c1-3-16-11-7-9(13)4-5-10(11)15-12(16)6-8(2)14/h4-5,7-8H,3,6,14H2,1-2H3. The Balaban J connectivity index is 2.57. The zero-order valence-electron chi connectivity index (χ0n) is 9.57. The van der Waals surface area contributed by atoms with Crippen LogP contribution in [-0.2, 0) is 13.0 Å². The zero-order chi connectivity index (χ0) is 11.7. The Hall–Kier alpha value is -1.06. The lowest BCUT2D eigenvalue weighted by Crippen LogP contribution is -2.20. The van der Waals surface area contributed by atoms with Gasteiger partial charge in [-0.05, 0) is 32.0 Å². The molecule has 0 aliphatic carbocycles. The molecule has 1 unspecified atom stereocenters. The first-order valence-corrected chi connectivity index (χ1v) is 5.90. The van der Waals surface area contributed by atoms with E-state index in [0.29, 0.717) is 0 Å². The van der Waals surface area contributed by atoms with E-state index in [4.69, 9.17) is 17.3 Å². The molecule has 0 saturated carbocycles. The molecule has 0 spiro atoms. The molecule has 2 aromatic rings. The van der Waals surface area contributed by atoms with Crippen LogP contribution in [0.25, 0.3) is 11.0 Å². The van der Waals surface area contributed by atoms with Crippen LogP contribution < -0.4 is 5.73 Å². The van der Waals surface area contributed by atoms with Crippen molar-refractivity contribution >= 4 is 22.6 Å². The number of aryl methyl sites for hydroxylation is 1. The number of nitrogens with two attached hydrogens (primary N) is 1. The Morgan fingerprint density at radius 3 is 2.88 bits per heavy atom. The largest absolute Gasteiger partial charge is 0.328 e. The van der Waals surface area contributed by atoms with E-state index in [1.165, 1.54) is 0 Å². The van der Waals surface area contributed by atoms with Crippen LogP contribution in [0.1, 0.15) is 19.7 Å². The van der Waals surface area contributed by atoms with Gasteiger partial charge < -0.3 is 10.3 Å². The van der Waals surface area contributed by atoms with Crippen LogP contribution in [-0.4, -0.2) is 15.6 Å². The normalized spacial score (nSPS) is 13.2. The fourth-order valence-electron chi connectivity index (χ4n) is 1.94. The summed E-state index contributed by atoms with van der Waals surface area (Å²) in [5, 5.41) is 0.745. The number of nitrogens with zero attached hydrogens (tertiary/aromatic N) is 2. The molecule has 1 aromatic heterocycles. The van der Waals surface area contributed by atoms with Crippen LogP contribution in [0.2, 0.25) is 5.02 Å². The first-order chi connectivity index (χ1) is 7.61. The van der Waals surface area contributed by atoms with E-state index in [1.807, 2.05) is 25.1 Å². The topological polar surface area (TPSA) is 43.8 Å². The zero-order valence-corrected chi connectivity index (χ0v) is 10.3. The molecular weight excluding hydrogens is 222 g/mol. The van der Waals surface area contributed by atoms with Gasteiger partial charge >= 0.3 is 0 Å². The summed E-state index contributed by atoms with van der Waals surface area (Å²) in [5.74, 6) is 1.04.